The summed E-state index contributed by atoms with van der Waals surface area (Å²) < 4.78 is 38.1. The van der Waals surface area contributed by atoms with Gasteiger partial charge in [0.25, 0.3) is 0 Å². The molecule has 1 aromatic carbocycles. The maximum absolute atomic E-state index is 13.3. The SMILES string of the molecule is CCCCN1CCS(=O)(=O)c2c(Cl)c(N3CCN(CC)CC3)nc(Oc3ccc(OC)cc3)c21. The van der Waals surface area contributed by atoms with Crippen molar-refractivity contribution in [3.63, 3.8) is 0 Å². The Hall–Kier alpha value is -2.23. The average Bonchev–Trinajstić information content (AvgIpc) is 2.85. The zero-order chi connectivity index (χ0) is 24.3. The molecule has 186 valence electrons. The molecule has 0 spiro atoms. The van der Waals surface area contributed by atoms with Crippen LogP contribution in [-0.4, -0.2) is 77.0 Å². The first-order valence-corrected chi connectivity index (χ1v) is 13.9. The van der Waals surface area contributed by atoms with Crippen molar-refractivity contribution in [2.24, 2.45) is 0 Å². The van der Waals surface area contributed by atoms with Gasteiger partial charge < -0.3 is 24.2 Å². The van der Waals surface area contributed by atoms with Crippen molar-refractivity contribution in [3.8, 4) is 17.4 Å². The predicted molar refractivity (Wildman–Crippen MR) is 136 cm³/mol. The van der Waals surface area contributed by atoms with Crippen LogP contribution in [0.15, 0.2) is 29.2 Å². The van der Waals surface area contributed by atoms with Crippen LogP contribution < -0.4 is 19.3 Å². The Kier molecular flexibility index (Phi) is 7.74. The molecule has 0 atom stereocenters. The Bertz CT molecular complexity index is 1100. The number of piperazine rings is 1. The Labute approximate surface area is 207 Å². The number of hydrogen-bond acceptors (Lipinski definition) is 8. The summed E-state index contributed by atoms with van der Waals surface area (Å²) in [5.41, 5.74) is 0.469. The summed E-state index contributed by atoms with van der Waals surface area (Å²) in [5.74, 6) is 2.04. The second kappa shape index (κ2) is 10.6. The topological polar surface area (TPSA) is 75.2 Å². The molecule has 1 fully saturated rings. The highest BCUT2D eigenvalue weighted by Gasteiger charge is 2.37. The fourth-order valence-corrected chi connectivity index (χ4v) is 6.54. The third kappa shape index (κ3) is 5.06. The number of likely N-dealkylation sites (N-methyl/N-ethyl adjacent to an activating group) is 1. The molecule has 3 heterocycles. The van der Waals surface area contributed by atoms with E-state index in [-0.39, 0.29) is 21.6 Å². The molecular formula is C24H33ClN4O4S. The van der Waals surface area contributed by atoms with Crippen LogP contribution >= 0.6 is 11.6 Å². The van der Waals surface area contributed by atoms with Crippen LogP contribution in [-0.2, 0) is 9.84 Å². The molecule has 10 heteroatoms. The number of nitrogens with zero attached hydrogens (tertiary/aromatic N) is 4. The summed E-state index contributed by atoms with van der Waals surface area (Å²) >= 11 is 6.83. The third-order valence-corrected chi connectivity index (χ3v) is 8.66. The highest BCUT2D eigenvalue weighted by atomic mass is 35.5. The molecular weight excluding hydrogens is 476 g/mol. The van der Waals surface area contributed by atoms with Crippen LogP contribution in [0.2, 0.25) is 5.02 Å². The van der Waals surface area contributed by atoms with E-state index in [1.54, 1.807) is 31.4 Å². The van der Waals surface area contributed by atoms with Gasteiger partial charge >= 0.3 is 0 Å². The zero-order valence-electron chi connectivity index (χ0n) is 20.1. The summed E-state index contributed by atoms with van der Waals surface area (Å²) in [6.45, 7) is 9.52. The molecule has 0 saturated carbocycles. The van der Waals surface area contributed by atoms with E-state index in [4.69, 9.17) is 26.1 Å². The minimum Gasteiger partial charge on any atom is -0.497 e. The molecule has 1 saturated heterocycles. The quantitative estimate of drug-likeness (QED) is 0.528. The van der Waals surface area contributed by atoms with Gasteiger partial charge in [0, 0.05) is 39.3 Å². The normalized spacial score (nSPS) is 18.0. The van der Waals surface area contributed by atoms with Gasteiger partial charge in [0.1, 0.15) is 27.1 Å². The van der Waals surface area contributed by atoms with Gasteiger partial charge in [0.05, 0.1) is 12.9 Å². The van der Waals surface area contributed by atoms with E-state index >= 15 is 0 Å². The van der Waals surface area contributed by atoms with Crippen molar-refractivity contribution in [2.75, 3.05) is 68.5 Å². The summed E-state index contributed by atoms with van der Waals surface area (Å²) in [6.07, 6.45) is 1.92. The lowest BCUT2D eigenvalue weighted by atomic mass is 10.2. The van der Waals surface area contributed by atoms with Gasteiger partial charge in [-0.25, -0.2) is 8.42 Å². The maximum atomic E-state index is 13.3. The molecule has 0 unspecified atom stereocenters. The van der Waals surface area contributed by atoms with Crippen LogP contribution in [0.5, 0.6) is 17.4 Å². The number of anilines is 2. The number of ether oxygens (including phenoxy) is 2. The smallest absolute Gasteiger partial charge is 0.246 e. The lowest BCUT2D eigenvalue weighted by molar-refractivity contribution is 0.270. The van der Waals surface area contributed by atoms with Crippen LogP contribution in [0.4, 0.5) is 11.5 Å². The fourth-order valence-electron chi connectivity index (χ4n) is 4.39. The summed E-state index contributed by atoms with van der Waals surface area (Å²) in [6, 6.07) is 7.17. The van der Waals surface area contributed by atoms with Crippen LogP contribution in [0.1, 0.15) is 26.7 Å². The number of sulfone groups is 1. The number of methoxy groups -OCH3 is 1. The first-order chi connectivity index (χ1) is 16.4. The molecule has 0 amide bonds. The van der Waals surface area contributed by atoms with E-state index in [2.05, 4.69) is 28.5 Å². The van der Waals surface area contributed by atoms with Crippen molar-refractivity contribution in [2.45, 2.75) is 31.6 Å². The number of rotatable bonds is 8. The van der Waals surface area contributed by atoms with Gasteiger partial charge in [-0.15, -0.1) is 0 Å². The molecule has 2 aromatic rings. The molecule has 0 radical (unpaired) electrons. The Morgan fingerprint density at radius 3 is 2.32 bits per heavy atom. The number of unbranched alkanes of at least 4 members (excludes halogenated alkanes) is 1. The minimum atomic E-state index is -3.58. The van der Waals surface area contributed by atoms with Crippen molar-refractivity contribution in [3.05, 3.63) is 29.3 Å². The molecule has 1 aromatic heterocycles. The molecule has 0 N–H and O–H groups in total. The predicted octanol–water partition coefficient (Wildman–Crippen LogP) is 4.07. The first-order valence-electron chi connectivity index (χ1n) is 11.9. The summed E-state index contributed by atoms with van der Waals surface area (Å²) in [5, 5.41) is 0.197. The van der Waals surface area contributed by atoms with Crippen LogP contribution in [0.25, 0.3) is 0 Å². The van der Waals surface area contributed by atoms with Gasteiger partial charge in [-0.3, -0.25) is 0 Å². The van der Waals surface area contributed by atoms with Gasteiger partial charge in [-0.05, 0) is 37.2 Å². The Balaban J connectivity index is 1.82. The van der Waals surface area contributed by atoms with E-state index in [1.165, 1.54) is 0 Å². The Morgan fingerprint density at radius 1 is 1.03 bits per heavy atom. The van der Waals surface area contributed by atoms with Crippen molar-refractivity contribution in [1.29, 1.82) is 0 Å². The number of benzene rings is 1. The lowest BCUT2D eigenvalue weighted by Gasteiger charge is -2.37. The maximum Gasteiger partial charge on any atom is 0.246 e. The molecule has 0 bridgehead atoms. The van der Waals surface area contributed by atoms with Gasteiger partial charge in [-0.2, -0.15) is 4.98 Å². The van der Waals surface area contributed by atoms with Crippen LogP contribution in [0, 0.1) is 0 Å². The Morgan fingerprint density at radius 2 is 1.71 bits per heavy atom. The zero-order valence-corrected chi connectivity index (χ0v) is 21.7. The first kappa shape index (κ1) is 24.9. The summed E-state index contributed by atoms with van der Waals surface area (Å²) in [7, 11) is -1.98. The van der Waals surface area contributed by atoms with Gasteiger partial charge in [0.2, 0.25) is 5.88 Å². The largest absolute Gasteiger partial charge is 0.497 e. The average molecular weight is 509 g/mol. The van der Waals surface area contributed by atoms with E-state index in [1.807, 2.05) is 0 Å². The number of hydrogen-bond donors (Lipinski definition) is 0. The van der Waals surface area contributed by atoms with E-state index < -0.39 is 9.84 Å². The van der Waals surface area contributed by atoms with Crippen molar-refractivity contribution in [1.82, 2.24) is 9.88 Å². The molecule has 0 aliphatic carbocycles. The highest BCUT2D eigenvalue weighted by Crippen LogP contribution is 2.47. The number of halogens is 1. The van der Waals surface area contributed by atoms with Gasteiger partial charge in [-0.1, -0.05) is 31.9 Å². The second-order valence-corrected chi connectivity index (χ2v) is 11.0. The second-order valence-electron chi connectivity index (χ2n) is 8.59. The summed E-state index contributed by atoms with van der Waals surface area (Å²) in [4.78, 5) is 11.4. The standard InChI is InChI=1S/C24H33ClN4O4S/c1-4-6-11-28-16-17-34(30,31)22-20(25)23(29-14-12-27(5-2)13-15-29)26-24(21(22)28)33-19-9-7-18(32-3)8-10-19/h7-10H,4-6,11-17H2,1-3H3. The monoisotopic (exact) mass is 508 g/mol. The molecule has 4 rings (SSSR count). The number of pyridine rings is 1. The number of fused-ring (bicyclic) bond motifs is 1. The van der Waals surface area contributed by atoms with E-state index in [9.17, 15) is 8.42 Å². The molecule has 34 heavy (non-hydrogen) atoms. The lowest BCUT2D eigenvalue weighted by Crippen LogP contribution is -2.46. The van der Waals surface area contributed by atoms with E-state index in [0.29, 0.717) is 36.1 Å². The highest BCUT2D eigenvalue weighted by molar-refractivity contribution is 7.91. The molecule has 2 aliphatic rings. The van der Waals surface area contributed by atoms with Gasteiger partial charge in [0.15, 0.2) is 15.7 Å². The third-order valence-electron chi connectivity index (χ3n) is 6.45. The van der Waals surface area contributed by atoms with Crippen molar-refractivity contribution < 1.29 is 17.9 Å². The number of aromatic nitrogens is 1. The fraction of sp³-hybridized carbons (Fsp3) is 0.542. The van der Waals surface area contributed by atoms with Crippen LogP contribution in [0.3, 0.4) is 0 Å². The van der Waals surface area contributed by atoms with Crippen molar-refractivity contribution >= 4 is 32.9 Å². The van der Waals surface area contributed by atoms with E-state index in [0.717, 1.165) is 45.6 Å². The molecule has 8 nitrogen and oxygen atoms in total. The molecule has 2 aliphatic heterocycles. The minimum absolute atomic E-state index is 0.0263.